The second-order valence-electron chi connectivity index (χ2n) is 6.39. The first-order valence-electron chi connectivity index (χ1n) is 8.84. The van der Waals surface area contributed by atoms with Crippen molar-refractivity contribution in [3.05, 3.63) is 60.2 Å². The van der Waals surface area contributed by atoms with Gasteiger partial charge in [0.1, 0.15) is 11.8 Å². The molecule has 1 aliphatic rings. The quantitative estimate of drug-likeness (QED) is 0.695. The lowest BCUT2D eigenvalue weighted by molar-refractivity contribution is -0.918. The van der Waals surface area contributed by atoms with Gasteiger partial charge in [0.2, 0.25) is 0 Å². The predicted octanol–water partition coefficient (Wildman–Crippen LogP) is 2.40. The Balaban J connectivity index is 1.59. The highest BCUT2D eigenvalue weighted by Crippen LogP contribution is 2.15. The van der Waals surface area contributed by atoms with E-state index in [4.69, 9.17) is 17.0 Å². The van der Waals surface area contributed by atoms with E-state index in [2.05, 4.69) is 41.0 Å². The van der Waals surface area contributed by atoms with E-state index >= 15 is 0 Å². The summed E-state index contributed by atoms with van der Waals surface area (Å²) in [6.07, 6.45) is 2.63. The monoisotopic (exact) mass is 356 g/mol. The second kappa shape index (κ2) is 8.83. The molecule has 2 aromatic rings. The van der Waals surface area contributed by atoms with Gasteiger partial charge in [-0.25, -0.2) is 0 Å². The third-order valence-electron chi connectivity index (χ3n) is 4.76. The molecule has 3 rings (SSSR count). The van der Waals surface area contributed by atoms with Crippen LogP contribution in [0.15, 0.2) is 54.6 Å². The molecule has 2 aromatic carbocycles. The molecule has 25 heavy (non-hydrogen) atoms. The van der Waals surface area contributed by atoms with Crippen molar-refractivity contribution in [1.29, 1.82) is 0 Å². The van der Waals surface area contributed by atoms with Crippen molar-refractivity contribution >= 4 is 23.0 Å². The van der Waals surface area contributed by atoms with Gasteiger partial charge >= 0.3 is 0 Å². The Hall–Kier alpha value is -2.11. The second-order valence-corrected chi connectivity index (χ2v) is 6.80. The molecule has 5 heteroatoms. The van der Waals surface area contributed by atoms with E-state index in [1.165, 1.54) is 31.5 Å². The molecule has 0 bridgehead atoms. The average Bonchev–Trinajstić information content (AvgIpc) is 3.18. The first kappa shape index (κ1) is 17.7. The van der Waals surface area contributed by atoms with Gasteiger partial charge in [-0.05, 0) is 36.5 Å². The van der Waals surface area contributed by atoms with Crippen molar-refractivity contribution in [1.82, 2.24) is 5.32 Å². The molecule has 0 amide bonds. The molecule has 3 N–H and O–H groups in total. The number of hydrogen-bond acceptors (Lipinski definition) is 2. The summed E-state index contributed by atoms with van der Waals surface area (Å²) in [6, 6.07) is 19.0. The van der Waals surface area contributed by atoms with E-state index in [9.17, 15) is 0 Å². The highest BCUT2D eigenvalue weighted by molar-refractivity contribution is 7.80. The molecule has 0 saturated carbocycles. The van der Waals surface area contributed by atoms with Crippen LogP contribution in [-0.4, -0.2) is 31.9 Å². The minimum atomic E-state index is 0.430. The molecular formula is C20H26N3OS+. The number of thiocarbonyl (C=S) groups is 1. The summed E-state index contributed by atoms with van der Waals surface area (Å²) in [5.74, 6) is 0.839. The first-order chi connectivity index (χ1) is 12.3. The summed E-state index contributed by atoms with van der Waals surface area (Å²) in [4.78, 5) is 1.64. The van der Waals surface area contributed by atoms with Crippen LogP contribution in [-0.2, 0) is 0 Å². The number of hydrogen-bond donors (Lipinski definition) is 3. The fraction of sp³-hybridized carbons (Fsp3) is 0.350. The van der Waals surface area contributed by atoms with Crippen LogP contribution >= 0.6 is 12.2 Å². The molecule has 1 fully saturated rings. The molecule has 0 radical (unpaired) electrons. The standard InChI is InChI=1S/C20H25N3OS/c1-24-18-11-9-17(10-12-18)22-20(25)21-15-19(23-13-5-6-14-23)16-7-3-2-4-8-16/h2-4,7-12,19H,5-6,13-15H2,1H3,(H2,21,22,25)/p+1/t19-/m1/s1. The lowest BCUT2D eigenvalue weighted by Gasteiger charge is -2.26. The number of nitrogens with one attached hydrogen (secondary N) is 3. The Morgan fingerprint density at radius 3 is 2.40 bits per heavy atom. The van der Waals surface area contributed by atoms with Crippen LogP contribution < -0.4 is 20.3 Å². The van der Waals surface area contributed by atoms with Crippen molar-refractivity contribution in [3.8, 4) is 5.75 Å². The zero-order valence-electron chi connectivity index (χ0n) is 14.6. The van der Waals surface area contributed by atoms with E-state index in [1.54, 1.807) is 12.0 Å². The van der Waals surface area contributed by atoms with E-state index in [0.717, 1.165) is 18.0 Å². The Morgan fingerprint density at radius 1 is 1.08 bits per heavy atom. The largest absolute Gasteiger partial charge is 0.497 e. The zero-order valence-corrected chi connectivity index (χ0v) is 15.4. The van der Waals surface area contributed by atoms with Gasteiger partial charge < -0.3 is 20.3 Å². The summed E-state index contributed by atoms with van der Waals surface area (Å²) in [6.45, 7) is 3.31. The van der Waals surface area contributed by atoms with Crippen molar-refractivity contribution in [2.75, 3.05) is 32.1 Å². The molecule has 0 spiro atoms. The van der Waals surface area contributed by atoms with Crippen molar-refractivity contribution < 1.29 is 9.64 Å². The Kier molecular flexibility index (Phi) is 6.25. The van der Waals surface area contributed by atoms with Gasteiger partial charge in [0.05, 0.1) is 26.7 Å². The summed E-state index contributed by atoms with van der Waals surface area (Å²) in [7, 11) is 1.67. The lowest BCUT2D eigenvalue weighted by atomic mass is 10.1. The third-order valence-corrected chi connectivity index (χ3v) is 5.00. The number of ether oxygens (including phenoxy) is 1. The molecule has 4 nitrogen and oxygen atoms in total. The van der Waals surface area contributed by atoms with Crippen LogP contribution in [0.4, 0.5) is 5.69 Å². The fourth-order valence-corrected chi connectivity index (χ4v) is 3.61. The maximum Gasteiger partial charge on any atom is 0.171 e. The molecule has 0 aliphatic carbocycles. The number of likely N-dealkylation sites (tertiary alicyclic amines) is 1. The molecule has 132 valence electrons. The smallest absolute Gasteiger partial charge is 0.171 e. The van der Waals surface area contributed by atoms with E-state index < -0.39 is 0 Å². The van der Waals surface area contributed by atoms with Crippen molar-refractivity contribution in [2.24, 2.45) is 0 Å². The van der Waals surface area contributed by atoms with Crippen LogP contribution in [0.1, 0.15) is 24.4 Å². The van der Waals surface area contributed by atoms with Gasteiger partial charge in [0.25, 0.3) is 0 Å². The number of quaternary nitrogens is 1. The summed E-state index contributed by atoms with van der Waals surface area (Å²) in [5.41, 5.74) is 2.34. The number of benzene rings is 2. The van der Waals surface area contributed by atoms with Gasteiger partial charge in [-0.2, -0.15) is 0 Å². The maximum atomic E-state index is 5.48. The van der Waals surface area contributed by atoms with E-state index in [0.29, 0.717) is 11.2 Å². The SMILES string of the molecule is COc1ccc(NC(=S)NC[C@H](c2ccccc2)[NH+]2CCCC2)cc1. The summed E-state index contributed by atoms with van der Waals surface area (Å²) >= 11 is 5.48. The van der Waals surface area contributed by atoms with Gasteiger partial charge in [-0.3, -0.25) is 0 Å². The predicted molar refractivity (Wildman–Crippen MR) is 106 cm³/mol. The number of rotatable bonds is 6. The van der Waals surface area contributed by atoms with Crippen LogP contribution in [0, 0.1) is 0 Å². The minimum Gasteiger partial charge on any atom is -0.497 e. The molecule has 1 heterocycles. The van der Waals surface area contributed by atoms with Crippen molar-refractivity contribution in [3.63, 3.8) is 0 Å². The Bertz CT molecular complexity index is 669. The van der Waals surface area contributed by atoms with Gasteiger partial charge in [0, 0.05) is 24.1 Å². The van der Waals surface area contributed by atoms with Crippen molar-refractivity contribution in [2.45, 2.75) is 18.9 Å². The Labute approximate surface area is 155 Å². The molecule has 1 aliphatic heterocycles. The number of anilines is 1. The van der Waals surface area contributed by atoms with Gasteiger partial charge in [-0.1, -0.05) is 30.3 Å². The summed E-state index contributed by atoms with van der Waals surface area (Å²) < 4.78 is 5.18. The van der Waals surface area contributed by atoms with Crippen LogP contribution in [0.25, 0.3) is 0 Å². The lowest BCUT2D eigenvalue weighted by Crippen LogP contribution is -3.11. The topological polar surface area (TPSA) is 37.7 Å². The zero-order chi connectivity index (χ0) is 17.5. The highest BCUT2D eigenvalue weighted by Gasteiger charge is 2.27. The van der Waals surface area contributed by atoms with Gasteiger partial charge in [0.15, 0.2) is 5.11 Å². The third kappa shape index (κ3) is 4.94. The van der Waals surface area contributed by atoms with Crippen LogP contribution in [0.5, 0.6) is 5.75 Å². The highest BCUT2D eigenvalue weighted by atomic mass is 32.1. The maximum absolute atomic E-state index is 5.48. The molecule has 0 unspecified atom stereocenters. The molecular weight excluding hydrogens is 330 g/mol. The van der Waals surface area contributed by atoms with E-state index in [-0.39, 0.29) is 0 Å². The minimum absolute atomic E-state index is 0.430. The fourth-order valence-electron chi connectivity index (χ4n) is 3.41. The van der Waals surface area contributed by atoms with Crippen LogP contribution in [0.2, 0.25) is 0 Å². The number of methoxy groups -OCH3 is 1. The van der Waals surface area contributed by atoms with Gasteiger partial charge in [-0.15, -0.1) is 0 Å². The Morgan fingerprint density at radius 2 is 1.76 bits per heavy atom. The normalized spacial score (nSPS) is 15.6. The van der Waals surface area contributed by atoms with Crippen LogP contribution in [0.3, 0.4) is 0 Å². The average molecular weight is 357 g/mol. The first-order valence-corrected chi connectivity index (χ1v) is 9.25. The summed E-state index contributed by atoms with van der Waals surface area (Å²) in [5, 5.41) is 7.31. The molecule has 0 aromatic heterocycles. The molecule has 1 saturated heterocycles. The molecule has 1 atom stereocenters. The van der Waals surface area contributed by atoms with E-state index in [1.807, 2.05) is 24.3 Å².